The predicted octanol–water partition coefficient (Wildman–Crippen LogP) is 3.13. The standard InChI is InChI=1S/C22H30FN7O/c23-16-13-15(20(25)31)21(29-22(16)28-18-7-3-2-6-17(18)24)27-14-8-9-26-19(12-14)30-10-4-1-5-11-30/h8-9,12-13,17-18H,1-7,10-11,24H2,(H2,25,31)(H2,26,27,28,29)/t17-,18+/m0/s1. The van der Waals surface area contributed by atoms with Gasteiger partial charge in [-0.2, -0.15) is 0 Å². The first-order chi connectivity index (χ1) is 15.0. The van der Waals surface area contributed by atoms with Gasteiger partial charge in [-0.05, 0) is 44.2 Å². The van der Waals surface area contributed by atoms with Gasteiger partial charge in [-0.3, -0.25) is 4.79 Å². The van der Waals surface area contributed by atoms with Crippen molar-refractivity contribution >= 4 is 29.0 Å². The number of rotatable bonds is 6. The predicted molar refractivity (Wildman–Crippen MR) is 120 cm³/mol. The molecular formula is C22H30FN7O. The highest BCUT2D eigenvalue weighted by Gasteiger charge is 2.24. The number of anilines is 4. The maximum absolute atomic E-state index is 14.7. The number of pyridine rings is 2. The molecule has 0 bridgehead atoms. The normalized spacial score (nSPS) is 21.5. The van der Waals surface area contributed by atoms with Crippen molar-refractivity contribution in [3.8, 4) is 0 Å². The number of hydrogen-bond donors (Lipinski definition) is 4. The summed E-state index contributed by atoms with van der Waals surface area (Å²) < 4.78 is 14.7. The van der Waals surface area contributed by atoms with E-state index in [-0.39, 0.29) is 29.3 Å². The number of nitrogens with zero attached hydrogens (tertiary/aromatic N) is 3. The monoisotopic (exact) mass is 427 g/mol. The van der Waals surface area contributed by atoms with E-state index in [4.69, 9.17) is 11.5 Å². The molecule has 1 aliphatic heterocycles. The molecule has 2 aromatic rings. The van der Waals surface area contributed by atoms with Crippen molar-refractivity contribution in [2.24, 2.45) is 11.5 Å². The van der Waals surface area contributed by atoms with E-state index in [1.54, 1.807) is 12.3 Å². The summed E-state index contributed by atoms with van der Waals surface area (Å²) in [4.78, 5) is 23.0. The van der Waals surface area contributed by atoms with Gasteiger partial charge in [-0.1, -0.05) is 12.8 Å². The van der Waals surface area contributed by atoms with Crippen LogP contribution in [0.2, 0.25) is 0 Å². The first kappa shape index (κ1) is 21.3. The van der Waals surface area contributed by atoms with Crippen molar-refractivity contribution in [1.82, 2.24) is 9.97 Å². The average molecular weight is 428 g/mol. The van der Waals surface area contributed by atoms with E-state index >= 15 is 0 Å². The van der Waals surface area contributed by atoms with Crippen molar-refractivity contribution in [2.75, 3.05) is 28.6 Å². The SMILES string of the molecule is NC(=O)c1cc(F)c(N[C@@H]2CCCC[C@@H]2N)nc1Nc1ccnc(N2CCCCC2)c1. The van der Waals surface area contributed by atoms with Gasteiger partial charge >= 0.3 is 0 Å². The fourth-order valence-corrected chi connectivity index (χ4v) is 4.32. The fraction of sp³-hybridized carbons (Fsp3) is 0.500. The first-order valence-electron chi connectivity index (χ1n) is 11.0. The molecule has 2 aromatic heterocycles. The van der Waals surface area contributed by atoms with Crippen LogP contribution in [0.3, 0.4) is 0 Å². The number of carbonyl (C=O) groups is 1. The largest absolute Gasteiger partial charge is 0.365 e. The summed E-state index contributed by atoms with van der Waals surface area (Å²) in [7, 11) is 0. The molecule has 1 aliphatic carbocycles. The second kappa shape index (κ2) is 9.47. The minimum atomic E-state index is -0.750. The van der Waals surface area contributed by atoms with Crippen LogP contribution in [-0.4, -0.2) is 41.0 Å². The molecule has 1 saturated heterocycles. The Morgan fingerprint density at radius 2 is 1.87 bits per heavy atom. The third-order valence-electron chi connectivity index (χ3n) is 6.07. The quantitative estimate of drug-likeness (QED) is 0.559. The molecule has 1 saturated carbocycles. The summed E-state index contributed by atoms with van der Waals surface area (Å²) in [6.07, 6.45) is 9.08. The van der Waals surface area contributed by atoms with Gasteiger partial charge in [0.05, 0.1) is 5.56 Å². The fourth-order valence-electron chi connectivity index (χ4n) is 4.32. The Bertz CT molecular complexity index is 932. The van der Waals surface area contributed by atoms with Crippen LogP contribution in [0.5, 0.6) is 0 Å². The van der Waals surface area contributed by atoms with E-state index in [0.717, 1.165) is 63.5 Å². The van der Waals surface area contributed by atoms with E-state index in [9.17, 15) is 9.18 Å². The van der Waals surface area contributed by atoms with Crippen LogP contribution in [0.1, 0.15) is 55.3 Å². The summed E-state index contributed by atoms with van der Waals surface area (Å²) in [6, 6.07) is 4.70. The molecule has 2 fully saturated rings. The lowest BCUT2D eigenvalue weighted by Gasteiger charge is -2.30. The molecule has 2 atom stereocenters. The van der Waals surface area contributed by atoms with Crippen LogP contribution >= 0.6 is 0 Å². The molecule has 1 amide bonds. The Hall–Kier alpha value is -2.94. The van der Waals surface area contributed by atoms with E-state index < -0.39 is 11.7 Å². The number of carbonyl (C=O) groups excluding carboxylic acids is 1. The zero-order chi connectivity index (χ0) is 21.8. The number of nitrogens with one attached hydrogen (secondary N) is 2. The Morgan fingerprint density at radius 3 is 2.61 bits per heavy atom. The van der Waals surface area contributed by atoms with Gasteiger partial charge in [-0.25, -0.2) is 14.4 Å². The summed E-state index contributed by atoms with van der Waals surface area (Å²) in [5.74, 6) is -0.239. The molecule has 0 aromatic carbocycles. The number of hydrogen-bond acceptors (Lipinski definition) is 7. The van der Waals surface area contributed by atoms with Crippen molar-refractivity contribution in [3.63, 3.8) is 0 Å². The number of amides is 1. The molecule has 0 spiro atoms. The van der Waals surface area contributed by atoms with Gasteiger partial charge in [0.1, 0.15) is 11.6 Å². The van der Waals surface area contributed by atoms with Crippen LogP contribution in [0.4, 0.5) is 27.5 Å². The number of aromatic nitrogens is 2. The van der Waals surface area contributed by atoms with E-state index in [1.165, 1.54) is 6.42 Å². The minimum absolute atomic E-state index is 0.00710. The summed E-state index contributed by atoms with van der Waals surface area (Å²) >= 11 is 0. The van der Waals surface area contributed by atoms with Crippen molar-refractivity contribution in [2.45, 2.75) is 57.0 Å². The summed E-state index contributed by atoms with van der Waals surface area (Å²) in [6.45, 7) is 1.93. The Kier molecular flexibility index (Phi) is 6.50. The van der Waals surface area contributed by atoms with Crippen LogP contribution in [0.15, 0.2) is 24.4 Å². The maximum atomic E-state index is 14.7. The van der Waals surface area contributed by atoms with Crippen LogP contribution in [0, 0.1) is 5.82 Å². The third kappa shape index (κ3) is 5.04. The first-order valence-corrected chi connectivity index (χ1v) is 11.0. The molecule has 166 valence electrons. The molecule has 0 radical (unpaired) electrons. The summed E-state index contributed by atoms with van der Waals surface area (Å²) in [5, 5.41) is 6.26. The van der Waals surface area contributed by atoms with Gasteiger partial charge < -0.3 is 27.0 Å². The van der Waals surface area contributed by atoms with Gasteiger partial charge in [0, 0.05) is 43.1 Å². The third-order valence-corrected chi connectivity index (χ3v) is 6.07. The topological polar surface area (TPSA) is 122 Å². The Balaban J connectivity index is 1.60. The molecule has 8 nitrogen and oxygen atoms in total. The smallest absolute Gasteiger partial charge is 0.252 e. The number of primary amides is 1. The van der Waals surface area contributed by atoms with E-state index in [2.05, 4.69) is 25.5 Å². The molecule has 3 heterocycles. The van der Waals surface area contributed by atoms with Gasteiger partial charge in [0.25, 0.3) is 5.91 Å². The lowest BCUT2D eigenvalue weighted by atomic mass is 9.91. The Labute approximate surface area is 181 Å². The molecule has 31 heavy (non-hydrogen) atoms. The second-order valence-electron chi connectivity index (χ2n) is 8.35. The van der Waals surface area contributed by atoms with E-state index in [0.29, 0.717) is 5.69 Å². The van der Waals surface area contributed by atoms with E-state index in [1.807, 2.05) is 6.07 Å². The van der Waals surface area contributed by atoms with Crippen molar-refractivity contribution in [1.29, 1.82) is 0 Å². The highest BCUT2D eigenvalue weighted by Crippen LogP contribution is 2.28. The zero-order valence-corrected chi connectivity index (χ0v) is 17.6. The molecular weight excluding hydrogens is 397 g/mol. The minimum Gasteiger partial charge on any atom is -0.365 e. The Morgan fingerprint density at radius 1 is 1.10 bits per heavy atom. The molecule has 2 aliphatic rings. The lowest BCUT2D eigenvalue weighted by molar-refractivity contribution is 0.100. The zero-order valence-electron chi connectivity index (χ0n) is 17.6. The number of nitrogens with two attached hydrogens (primary N) is 2. The molecule has 0 unspecified atom stereocenters. The lowest BCUT2D eigenvalue weighted by Crippen LogP contribution is -2.43. The highest BCUT2D eigenvalue weighted by atomic mass is 19.1. The summed E-state index contributed by atoms with van der Waals surface area (Å²) in [5.41, 5.74) is 12.4. The van der Waals surface area contributed by atoms with Gasteiger partial charge in [-0.15, -0.1) is 0 Å². The van der Waals surface area contributed by atoms with Crippen LogP contribution in [-0.2, 0) is 0 Å². The van der Waals surface area contributed by atoms with Crippen molar-refractivity contribution < 1.29 is 9.18 Å². The number of piperidine rings is 1. The van der Waals surface area contributed by atoms with Crippen molar-refractivity contribution in [3.05, 3.63) is 35.8 Å². The maximum Gasteiger partial charge on any atom is 0.252 e. The average Bonchev–Trinajstić information content (AvgIpc) is 2.78. The molecule has 4 rings (SSSR count). The van der Waals surface area contributed by atoms with Crippen LogP contribution in [0.25, 0.3) is 0 Å². The van der Waals surface area contributed by atoms with Gasteiger partial charge in [0.15, 0.2) is 11.6 Å². The van der Waals surface area contributed by atoms with Crippen LogP contribution < -0.4 is 27.0 Å². The second-order valence-corrected chi connectivity index (χ2v) is 8.35. The highest BCUT2D eigenvalue weighted by molar-refractivity contribution is 5.98. The molecule has 9 heteroatoms. The molecule has 6 N–H and O–H groups in total. The number of halogens is 1. The van der Waals surface area contributed by atoms with Gasteiger partial charge in [0.2, 0.25) is 0 Å².